The quantitative estimate of drug-likeness (QED) is 0.612. The highest BCUT2D eigenvalue weighted by Gasteiger charge is 2.34. The number of hydrogen-bond acceptors (Lipinski definition) is 3. The van der Waals surface area contributed by atoms with Gasteiger partial charge in [0, 0.05) is 29.1 Å². The number of aliphatic hydroxyl groups is 1. The third-order valence-electron chi connectivity index (χ3n) is 4.71. The average Bonchev–Trinajstić information content (AvgIpc) is 3.37. The van der Waals surface area contributed by atoms with E-state index in [4.69, 9.17) is 0 Å². The van der Waals surface area contributed by atoms with Crippen molar-refractivity contribution in [2.45, 2.75) is 45.3 Å². The maximum atomic E-state index is 12.3. The summed E-state index contributed by atoms with van der Waals surface area (Å²) in [7, 11) is 0. The van der Waals surface area contributed by atoms with Gasteiger partial charge in [-0.2, -0.15) is 0 Å². The first-order valence-electron chi connectivity index (χ1n) is 8.79. The van der Waals surface area contributed by atoms with Crippen LogP contribution in [0, 0.1) is 12.8 Å². The molecule has 1 aromatic carbocycles. The van der Waals surface area contributed by atoms with Crippen molar-refractivity contribution in [3.63, 3.8) is 0 Å². The van der Waals surface area contributed by atoms with Crippen molar-refractivity contribution < 1.29 is 14.7 Å². The maximum absolute atomic E-state index is 12.3. The first kappa shape index (κ1) is 17.5. The molecule has 2 amide bonds. The molecule has 0 aliphatic heterocycles. The van der Waals surface area contributed by atoms with Crippen LogP contribution in [0.25, 0.3) is 10.9 Å². The van der Waals surface area contributed by atoms with Crippen LogP contribution in [0.2, 0.25) is 0 Å². The number of rotatable bonds is 7. The van der Waals surface area contributed by atoms with E-state index in [1.54, 1.807) is 0 Å². The van der Waals surface area contributed by atoms with E-state index in [1.165, 1.54) is 12.5 Å². The molecule has 1 fully saturated rings. The van der Waals surface area contributed by atoms with Gasteiger partial charge in [-0.05, 0) is 44.7 Å². The standard InChI is InChI=1S/C19H25N3O3/c1-11-14(15-5-3-4-6-16(15)21-11)9-10-20-19(25)17(12(2)23)22-18(24)13-7-8-13/h3-6,12-13,17,21,23H,7-10H2,1-2H3,(H,20,25)(H,22,24). The minimum atomic E-state index is -0.933. The van der Waals surface area contributed by atoms with Gasteiger partial charge in [0.2, 0.25) is 11.8 Å². The highest BCUT2D eigenvalue weighted by atomic mass is 16.3. The molecule has 1 saturated carbocycles. The lowest BCUT2D eigenvalue weighted by Gasteiger charge is -2.21. The molecule has 1 heterocycles. The minimum absolute atomic E-state index is 0.00270. The minimum Gasteiger partial charge on any atom is -0.391 e. The molecule has 0 bridgehead atoms. The van der Waals surface area contributed by atoms with Gasteiger partial charge in [-0.15, -0.1) is 0 Å². The summed E-state index contributed by atoms with van der Waals surface area (Å²) in [6.07, 6.45) is 1.47. The Labute approximate surface area is 147 Å². The van der Waals surface area contributed by atoms with Gasteiger partial charge in [0.05, 0.1) is 6.10 Å². The number of nitrogens with one attached hydrogen (secondary N) is 3. The molecule has 1 aliphatic rings. The van der Waals surface area contributed by atoms with Gasteiger partial charge in [0.1, 0.15) is 6.04 Å². The van der Waals surface area contributed by atoms with Crippen LogP contribution in [0.5, 0.6) is 0 Å². The Balaban J connectivity index is 1.58. The first-order valence-corrected chi connectivity index (χ1v) is 8.79. The summed E-state index contributed by atoms with van der Waals surface area (Å²) < 4.78 is 0. The summed E-state index contributed by atoms with van der Waals surface area (Å²) in [4.78, 5) is 27.6. The van der Waals surface area contributed by atoms with Crippen LogP contribution in [-0.2, 0) is 16.0 Å². The zero-order valence-corrected chi connectivity index (χ0v) is 14.6. The Morgan fingerprint density at radius 1 is 1.32 bits per heavy atom. The van der Waals surface area contributed by atoms with Crippen LogP contribution in [0.1, 0.15) is 31.0 Å². The number of carbonyl (C=O) groups excluding carboxylic acids is 2. The fraction of sp³-hybridized carbons (Fsp3) is 0.474. The molecule has 25 heavy (non-hydrogen) atoms. The molecule has 3 rings (SSSR count). The molecule has 2 unspecified atom stereocenters. The number of carbonyl (C=O) groups is 2. The Kier molecular flexibility index (Phi) is 5.08. The molecule has 6 heteroatoms. The SMILES string of the molecule is Cc1[nH]c2ccccc2c1CCNC(=O)C(NC(=O)C1CC1)C(C)O. The molecule has 134 valence electrons. The molecule has 2 atom stereocenters. The number of benzene rings is 1. The number of hydrogen-bond donors (Lipinski definition) is 4. The lowest BCUT2D eigenvalue weighted by molar-refractivity contribution is -0.132. The summed E-state index contributed by atoms with van der Waals surface area (Å²) >= 11 is 0. The number of fused-ring (bicyclic) bond motifs is 1. The van der Waals surface area contributed by atoms with E-state index >= 15 is 0 Å². The smallest absolute Gasteiger partial charge is 0.245 e. The van der Waals surface area contributed by atoms with Gasteiger partial charge < -0.3 is 20.7 Å². The lowest BCUT2D eigenvalue weighted by Crippen LogP contribution is -2.53. The molecule has 0 saturated heterocycles. The van der Waals surface area contributed by atoms with Crippen LogP contribution in [0.15, 0.2) is 24.3 Å². The van der Waals surface area contributed by atoms with Crippen LogP contribution < -0.4 is 10.6 Å². The van der Waals surface area contributed by atoms with E-state index in [0.717, 1.165) is 29.4 Å². The molecule has 6 nitrogen and oxygen atoms in total. The number of H-pyrrole nitrogens is 1. The van der Waals surface area contributed by atoms with Gasteiger partial charge >= 0.3 is 0 Å². The number of para-hydroxylation sites is 1. The van der Waals surface area contributed by atoms with Crippen molar-refractivity contribution in [1.29, 1.82) is 0 Å². The van der Waals surface area contributed by atoms with E-state index in [2.05, 4.69) is 21.7 Å². The van der Waals surface area contributed by atoms with Gasteiger partial charge in [0.25, 0.3) is 0 Å². The van der Waals surface area contributed by atoms with E-state index in [9.17, 15) is 14.7 Å². The van der Waals surface area contributed by atoms with Crippen molar-refractivity contribution in [3.8, 4) is 0 Å². The number of aryl methyl sites for hydroxylation is 1. The van der Waals surface area contributed by atoms with Crippen LogP contribution >= 0.6 is 0 Å². The number of aliphatic hydroxyl groups excluding tert-OH is 1. The topological polar surface area (TPSA) is 94.2 Å². The third kappa shape index (κ3) is 4.02. The predicted molar refractivity (Wildman–Crippen MR) is 96.1 cm³/mol. The van der Waals surface area contributed by atoms with Gasteiger partial charge in [-0.3, -0.25) is 9.59 Å². The second-order valence-corrected chi connectivity index (χ2v) is 6.82. The predicted octanol–water partition coefficient (Wildman–Crippen LogP) is 1.41. The maximum Gasteiger partial charge on any atom is 0.245 e. The van der Waals surface area contributed by atoms with Gasteiger partial charge in [-0.1, -0.05) is 18.2 Å². The van der Waals surface area contributed by atoms with Crippen molar-refractivity contribution >= 4 is 22.7 Å². The summed E-state index contributed by atoms with van der Waals surface area (Å²) in [6.45, 7) is 3.98. The summed E-state index contributed by atoms with van der Waals surface area (Å²) in [5.74, 6) is -0.488. The molecule has 0 radical (unpaired) electrons. The molecular weight excluding hydrogens is 318 g/mol. The van der Waals surface area contributed by atoms with E-state index < -0.39 is 12.1 Å². The molecular formula is C19H25N3O3. The Morgan fingerprint density at radius 3 is 2.72 bits per heavy atom. The van der Waals surface area contributed by atoms with Crippen LogP contribution in [0.4, 0.5) is 0 Å². The first-order chi connectivity index (χ1) is 12.0. The van der Waals surface area contributed by atoms with Crippen LogP contribution in [-0.4, -0.2) is 40.6 Å². The average molecular weight is 343 g/mol. The highest BCUT2D eigenvalue weighted by Crippen LogP contribution is 2.29. The summed E-state index contributed by atoms with van der Waals surface area (Å²) in [5.41, 5.74) is 3.34. The molecule has 1 aliphatic carbocycles. The van der Waals surface area contributed by atoms with Crippen molar-refractivity contribution in [1.82, 2.24) is 15.6 Å². The third-order valence-corrected chi connectivity index (χ3v) is 4.71. The van der Waals surface area contributed by atoms with Crippen molar-refractivity contribution in [3.05, 3.63) is 35.5 Å². The van der Waals surface area contributed by atoms with Crippen LogP contribution in [0.3, 0.4) is 0 Å². The summed E-state index contributed by atoms with van der Waals surface area (Å²) in [5, 5.41) is 16.5. The number of amides is 2. The van der Waals surface area contributed by atoms with E-state index in [1.807, 2.05) is 25.1 Å². The van der Waals surface area contributed by atoms with Gasteiger partial charge in [0.15, 0.2) is 0 Å². The fourth-order valence-corrected chi connectivity index (χ4v) is 3.10. The fourth-order valence-electron chi connectivity index (χ4n) is 3.10. The summed E-state index contributed by atoms with van der Waals surface area (Å²) in [6, 6.07) is 7.16. The zero-order valence-electron chi connectivity index (χ0n) is 14.6. The highest BCUT2D eigenvalue weighted by molar-refractivity contribution is 5.90. The van der Waals surface area contributed by atoms with Crippen molar-refractivity contribution in [2.75, 3.05) is 6.54 Å². The Bertz CT molecular complexity index is 777. The van der Waals surface area contributed by atoms with Gasteiger partial charge in [-0.25, -0.2) is 0 Å². The monoisotopic (exact) mass is 343 g/mol. The Hall–Kier alpha value is -2.34. The van der Waals surface area contributed by atoms with E-state index in [0.29, 0.717) is 13.0 Å². The van der Waals surface area contributed by atoms with Crippen molar-refractivity contribution in [2.24, 2.45) is 5.92 Å². The molecule has 4 N–H and O–H groups in total. The largest absolute Gasteiger partial charge is 0.391 e. The Morgan fingerprint density at radius 2 is 2.04 bits per heavy atom. The second kappa shape index (κ2) is 7.27. The van der Waals surface area contributed by atoms with E-state index in [-0.39, 0.29) is 17.7 Å². The molecule has 1 aromatic heterocycles. The molecule has 0 spiro atoms. The number of aromatic amines is 1. The number of aromatic nitrogens is 1. The normalized spacial score (nSPS) is 16.4. The lowest BCUT2D eigenvalue weighted by atomic mass is 10.1. The second-order valence-electron chi connectivity index (χ2n) is 6.82. The molecule has 2 aromatic rings. The zero-order chi connectivity index (χ0) is 18.0.